The topological polar surface area (TPSA) is 38.8 Å². The van der Waals surface area contributed by atoms with E-state index in [2.05, 4.69) is 39.5 Å². The molecule has 0 N–H and O–H groups in total. The van der Waals surface area contributed by atoms with Crippen LogP contribution >= 0.6 is 0 Å². The summed E-state index contributed by atoms with van der Waals surface area (Å²) in [5.74, 6) is 0.0996. The molecule has 0 aromatic carbocycles. The number of hydrogen-bond donors (Lipinski definition) is 0. The molecule has 2 aliphatic rings. The van der Waals surface area contributed by atoms with Crippen molar-refractivity contribution in [2.24, 2.45) is 5.92 Å². The molecule has 0 saturated carbocycles. The first-order valence-electron chi connectivity index (χ1n) is 9.60. The van der Waals surface area contributed by atoms with Crippen molar-refractivity contribution in [2.45, 2.75) is 84.3 Å². The number of allylic oxidation sites excluding steroid dienone is 4. The van der Waals surface area contributed by atoms with Gasteiger partial charge in [-0.15, -0.1) is 0 Å². The van der Waals surface area contributed by atoms with Gasteiger partial charge in [-0.1, -0.05) is 29.9 Å². The Morgan fingerprint density at radius 3 is 2.68 bits per heavy atom. The van der Waals surface area contributed by atoms with E-state index in [4.69, 9.17) is 9.47 Å². The van der Waals surface area contributed by atoms with Crippen LogP contribution in [-0.4, -0.2) is 24.3 Å². The Hall–Kier alpha value is -1.35. The van der Waals surface area contributed by atoms with Crippen LogP contribution < -0.4 is 0 Å². The summed E-state index contributed by atoms with van der Waals surface area (Å²) < 4.78 is 11.2. The van der Waals surface area contributed by atoms with E-state index in [-0.39, 0.29) is 11.6 Å². The highest BCUT2D eigenvalue weighted by molar-refractivity contribution is 5.66. The van der Waals surface area contributed by atoms with E-state index in [0.29, 0.717) is 18.6 Å². The molecule has 25 heavy (non-hydrogen) atoms. The summed E-state index contributed by atoms with van der Waals surface area (Å²) >= 11 is 0. The van der Waals surface area contributed by atoms with Gasteiger partial charge in [0.25, 0.3) is 0 Å². The third-order valence-electron chi connectivity index (χ3n) is 5.62. The lowest BCUT2D eigenvalue weighted by Gasteiger charge is -2.20. The first kappa shape index (κ1) is 20.0. The standard InChI is InChI=1S/C22H34O3/c1-16-8-6-9-17(2)11-12-20(18(3)15-24-19(4)23)14-21-22(5,25-21)13-7-10-16/h9-10,20-21H,3,6-8,11-15H2,1-2,4-5H3. The van der Waals surface area contributed by atoms with E-state index < -0.39 is 0 Å². The summed E-state index contributed by atoms with van der Waals surface area (Å²) in [6.45, 7) is 12.7. The van der Waals surface area contributed by atoms with E-state index in [1.165, 1.54) is 18.1 Å². The second-order valence-corrected chi connectivity index (χ2v) is 8.01. The summed E-state index contributed by atoms with van der Waals surface area (Å²) in [6.07, 6.45) is 12.5. The number of ether oxygens (including phenoxy) is 2. The van der Waals surface area contributed by atoms with Crippen molar-refractivity contribution in [3.63, 3.8) is 0 Å². The number of carbonyl (C=O) groups excluding carboxylic acids is 1. The fourth-order valence-electron chi connectivity index (χ4n) is 3.62. The Morgan fingerprint density at radius 2 is 1.96 bits per heavy atom. The van der Waals surface area contributed by atoms with E-state index in [1.54, 1.807) is 0 Å². The third-order valence-corrected chi connectivity index (χ3v) is 5.62. The summed E-state index contributed by atoms with van der Waals surface area (Å²) in [6, 6.07) is 0. The zero-order valence-corrected chi connectivity index (χ0v) is 16.4. The summed E-state index contributed by atoms with van der Waals surface area (Å²) in [4.78, 5) is 11.1. The number of hydrogen-bond acceptors (Lipinski definition) is 3. The second-order valence-electron chi connectivity index (χ2n) is 8.01. The van der Waals surface area contributed by atoms with Gasteiger partial charge < -0.3 is 9.47 Å². The Labute approximate surface area is 153 Å². The molecule has 3 nitrogen and oxygen atoms in total. The van der Waals surface area contributed by atoms with Crippen molar-refractivity contribution in [2.75, 3.05) is 6.61 Å². The first-order chi connectivity index (χ1) is 11.8. The monoisotopic (exact) mass is 346 g/mol. The van der Waals surface area contributed by atoms with Crippen molar-refractivity contribution in [3.05, 3.63) is 35.5 Å². The van der Waals surface area contributed by atoms with E-state index in [9.17, 15) is 4.79 Å². The maximum atomic E-state index is 11.1. The Bertz CT molecular complexity index is 558. The fraction of sp³-hybridized carbons (Fsp3) is 0.682. The van der Waals surface area contributed by atoms with Gasteiger partial charge in [-0.05, 0) is 77.2 Å². The molecule has 0 aromatic heterocycles. The van der Waals surface area contributed by atoms with Gasteiger partial charge in [-0.3, -0.25) is 4.79 Å². The molecule has 0 bridgehead atoms. The lowest BCUT2D eigenvalue weighted by molar-refractivity contribution is -0.140. The Kier molecular flexibility index (Phi) is 7.06. The number of rotatable bonds is 3. The average Bonchev–Trinajstić information content (AvgIpc) is 3.18. The smallest absolute Gasteiger partial charge is 0.302 e. The summed E-state index contributed by atoms with van der Waals surface area (Å²) in [5, 5.41) is 0. The molecule has 1 fully saturated rings. The number of carbonyl (C=O) groups is 1. The maximum absolute atomic E-state index is 11.1. The predicted molar refractivity (Wildman–Crippen MR) is 102 cm³/mol. The number of epoxide rings is 1. The maximum Gasteiger partial charge on any atom is 0.302 e. The molecule has 2 rings (SSSR count). The van der Waals surface area contributed by atoms with Crippen molar-refractivity contribution in [1.82, 2.24) is 0 Å². The second kappa shape index (κ2) is 8.84. The van der Waals surface area contributed by atoms with Gasteiger partial charge in [0.05, 0.1) is 11.7 Å². The highest BCUT2D eigenvalue weighted by Gasteiger charge is 2.51. The molecule has 3 atom stereocenters. The zero-order valence-electron chi connectivity index (χ0n) is 16.4. The van der Waals surface area contributed by atoms with Crippen LogP contribution in [0.4, 0.5) is 0 Å². The van der Waals surface area contributed by atoms with E-state index >= 15 is 0 Å². The molecule has 1 aliphatic carbocycles. The van der Waals surface area contributed by atoms with Crippen molar-refractivity contribution in [1.29, 1.82) is 0 Å². The summed E-state index contributed by atoms with van der Waals surface area (Å²) in [5.41, 5.74) is 3.94. The molecular weight excluding hydrogens is 312 g/mol. The average molecular weight is 347 g/mol. The van der Waals surface area contributed by atoms with E-state index in [0.717, 1.165) is 50.5 Å². The van der Waals surface area contributed by atoms with Crippen LogP contribution in [0.1, 0.15) is 72.6 Å². The Morgan fingerprint density at radius 1 is 1.28 bits per heavy atom. The number of esters is 1. The SMILES string of the molecule is C=C(COC(C)=O)C1CCC(C)=CCCC(C)=CCCC2(C)OC2C1. The quantitative estimate of drug-likeness (QED) is 0.384. The van der Waals surface area contributed by atoms with Crippen LogP contribution in [0.3, 0.4) is 0 Å². The van der Waals surface area contributed by atoms with Gasteiger partial charge in [-0.25, -0.2) is 0 Å². The predicted octanol–water partition coefficient (Wildman–Crippen LogP) is 5.52. The molecule has 0 radical (unpaired) electrons. The molecular formula is C22H34O3. The van der Waals surface area contributed by atoms with Crippen molar-refractivity contribution in [3.8, 4) is 0 Å². The van der Waals surface area contributed by atoms with Crippen molar-refractivity contribution < 1.29 is 14.3 Å². The minimum atomic E-state index is -0.243. The van der Waals surface area contributed by atoms with Gasteiger partial charge in [0.15, 0.2) is 0 Å². The largest absolute Gasteiger partial charge is 0.461 e. The first-order valence-corrected chi connectivity index (χ1v) is 9.60. The highest BCUT2D eigenvalue weighted by Crippen LogP contribution is 2.45. The molecule has 1 saturated heterocycles. The van der Waals surface area contributed by atoms with Crippen LogP contribution in [0.25, 0.3) is 0 Å². The fourth-order valence-corrected chi connectivity index (χ4v) is 3.62. The van der Waals surface area contributed by atoms with Crippen LogP contribution in [-0.2, 0) is 14.3 Å². The van der Waals surface area contributed by atoms with Gasteiger partial charge in [0, 0.05) is 6.92 Å². The molecule has 1 heterocycles. The van der Waals surface area contributed by atoms with Gasteiger partial charge in [0.2, 0.25) is 0 Å². The Balaban J connectivity index is 2.04. The van der Waals surface area contributed by atoms with Gasteiger partial charge >= 0.3 is 5.97 Å². The minimum absolute atomic E-state index is 0.00570. The van der Waals surface area contributed by atoms with Crippen LogP contribution in [0, 0.1) is 5.92 Å². The lowest BCUT2D eigenvalue weighted by Crippen LogP contribution is -2.17. The highest BCUT2D eigenvalue weighted by atomic mass is 16.6. The van der Waals surface area contributed by atoms with Gasteiger partial charge in [-0.2, -0.15) is 0 Å². The molecule has 0 amide bonds. The number of fused-ring (bicyclic) bond motifs is 1. The van der Waals surface area contributed by atoms with Crippen LogP contribution in [0.15, 0.2) is 35.5 Å². The van der Waals surface area contributed by atoms with Crippen LogP contribution in [0.2, 0.25) is 0 Å². The molecule has 0 spiro atoms. The van der Waals surface area contributed by atoms with Gasteiger partial charge in [0.1, 0.15) is 6.61 Å². The molecule has 3 heteroatoms. The molecule has 3 unspecified atom stereocenters. The minimum Gasteiger partial charge on any atom is -0.461 e. The molecule has 0 aromatic rings. The normalized spacial score (nSPS) is 31.0. The summed E-state index contributed by atoms with van der Waals surface area (Å²) in [7, 11) is 0. The third kappa shape index (κ3) is 6.47. The van der Waals surface area contributed by atoms with Crippen molar-refractivity contribution >= 4 is 5.97 Å². The molecule has 140 valence electrons. The zero-order chi connectivity index (χ0) is 18.4. The van der Waals surface area contributed by atoms with E-state index in [1.807, 2.05) is 0 Å². The lowest BCUT2D eigenvalue weighted by atomic mass is 9.85. The van der Waals surface area contributed by atoms with Crippen LogP contribution in [0.5, 0.6) is 0 Å². The molecule has 1 aliphatic heterocycles.